The molecule has 0 aliphatic carbocycles. The topological polar surface area (TPSA) is 90.0 Å². The largest absolute Gasteiger partial charge is 0.348 e. The number of likely N-dealkylation sites (N-methyl/N-ethyl adjacent to an activating group) is 1. The zero-order valence-electron chi connectivity index (χ0n) is 20.7. The normalized spacial score (nSPS) is 18.6. The third-order valence-corrected chi connectivity index (χ3v) is 8.37. The van der Waals surface area contributed by atoms with Crippen LogP contribution in [0.5, 0.6) is 0 Å². The van der Waals surface area contributed by atoms with Gasteiger partial charge in [0.1, 0.15) is 5.82 Å². The Kier molecular flexibility index (Phi) is 8.33. The first-order valence-electron chi connectivity index (χ1n) is 12.0. The predicted octanol–water partition coefficient (Wildman–Crippen LogP) is 2.89. The number of carbonyl (C=O) groups excluding carboxylic acids is 2. The molecule has 2 heterocycles. The summed E-state index contributed by atoms with van der Waals surface area (Å²) in [7, 11) is -2.09. The molecule has 2 aromatic rings. The van der Waals surface area contributed by atoms with Crippen LogP contribution in [-0.4, -0.2) is 80.4 Å². The number of rotatable bonds is 9. The van der Waals surface area contributed by atoms with Crippen molar-refractivity contribution in [3.8, 4) is 0 Å². The lowest BCUT2D eigenvalue weighted by molar-refractivity contribution is -0.122. The summed E-state index contributed by atoms with van der Waals surface area (Å²) in [6.45, 7) is 2.32. The van der Waals surface area contributed by atoms with Crippen molar-refractivity contribution in [1.29, 1.82) is 0 Å². The van der Waals surface area contributed by atoms with Crippen LogP contribution >= 0.6 is 11.6 Å². The van der Waals surface area contributed by atoms with Gasteiger partial charge in [-0.2, -0.15) is 4.31 Å². The number of benzene rings is 2. The SMILES string of the molecule is CN(CC(=O)N[C@@H](CCN1CC2=CN(C(=O)c3c(F)cccc3Cl)CC2C1)c1ccccc1)S(C)(=O)=O. The van der Waals surface area contributed by atoms with E-state index in [1.54, 1.807) is 6.20 Å². The molecule has 0 saturated carbocycles. The molecular formula is C26H30ClFN4O4S. The third kappa shape index (κ3) is 6.56. The van der Waals surface area contributed by atoms with E-state index in [0.29, 0.717) is 26.1 Å². The zero-order valence-corrected chi connectivity index (χ0v) is 22.3. The first-order valence-corrected chi connectivity index (χ1v) is 14.2. The molecule has 0 spiro atoms. The maximum Gasteiger partial charge on any atom is 0.262 e. The number of likely N-dealkylation sites (tertiary alicyclic amines) is 1. The molecule has 37 heavy (non-hydrogen) atoms. The fraction of sp³-hybridized carbons (Fsp3) is 0.385. The summed E-state index contributed by atoms with van der Waals surface area (Å²) in [5.41, 5.74) is 1.94. The lowest BCUT2D eigenvalue weighted by Crippen LogP contribution is -2.40. The van der Waals surface area contributed by atoms with Gasteiger partial charge in [0.15, 0.2) is 0 Å². The molecule has 1 unspecified atom stereocenters. The maximum absolute atomic E-state index is 14.2. The smallest absolute Gasteiger partial charge is 0.262 e. The first-order chi connectivity index (χ1) is 17.5. The second-order valence-electron chi connectivity index (χ2n) is 9.53. The third-order valence-electron chi connectivity index (χ3n) is 6.79. The molecule has 0 aromatic heterocycles. The second-order valence-corrected chi connectivity index (χ2v) is 12.0. The van der Waals surface area contributed by atoms with E-state index in [0.717, 1.165) is 28.2 Å². The summed E-state index contributed by atoms with van der Waals surface area (Å²) in [6, 6.07) is 13.5. The van der Waals surface area contributed by atoms with Gasteiger partial charge in [0.2, 0.25) is 15.9 Å². The van der Waals surface area contributed by atoms with Gasteiger partial charge in [-0.1, -0.05) is 48.0 Å². The standard InChI is InChI=1S/C26H30ClFN4O4S/c1-30(37(2,35)36)17-24(33)29-23(18-7-4-3-5-8-18)11-12-31-13-19-15-32(16-20(19)14-31)26(34)25-21(27)9-6-10-22(25)28/h3-10,15,20,23H,11-14,16-17H2,1-2H3,(H,29,33)/t20?,23-/m0/s1. The number of amides is 2. The fourth-order valence-electron chi connectivity index (χ4n) is 4.73. The van der Waals surface area contributed by atoms with E-state index in [-0.39, 0.29) is 35.0 Å². The van der Waals surface area contributed by atoms with Gasteiger partial charge in [-0.3, -0.25) is 14.5 Å². The van der Waals surface area contributed by atoms with Crippen molar-refractivity contribution in [1.82, 2.24) is 19.4 Å². The number of hydrogen-bond donors (Lipinski definition) is 1. The van der Waals surface area contributed by atoms with E-state index in [1.165, 1.54) is 30.1 Å². The molecule has 2 atom stereocenters. The summed E-state index contributed by atoms with van der Waals surface area (Å²) >= 11 is 6.08. The maximum atomic E-state index is 14.2. The van der Waals surface area contributed by atoms with Crippen molar-refractivity contribution in [3.63, 3.8) is 0 Å². The Morgan fingerprint density at radius 2 is 1.89 bits per heavy atom. The van der Waals surface area contributed by atoms with E-state index in [2.05, 4.69) is 10.2 Å². The summed E-state index contributed by atoms with van der Waals surface area (Å²) in [5.74, 6) is -1.29. The van der Waals surface area contributed by atoms with Crippen molar-refractivity contribution in [2.24, 2.45) is 5.92 Å². The van der Waals surface area contributed by atoms with Crippen LogP contribution in [0.2, 0.25) is 5.02 Å². The Bertz CT molecular complexity index is 1280. The predicted molar refractivity (Wildman–Crippen MR) is 140 cm³/mol. The molecule has 2 amide bonds. The Morgan fingerprint density at radius 3 is 2.54 bits per heavy atom. The summed E-state index contributed by atoms with van der Waals surface area (Å²) in [5, 5.41) is 3.07. The van der Waals surface area contributed by atoms with E-state index in [9.17, 15) is 22.4 Å². The minimum Gasteiger partial charge on any atom is -0.348 e. The van der Waals surface area contributed by atoms with Crippen LogP contribution < -0.4 is 5.32 Å². The van der Waals surface area contributed by atoms with Crippen LogP contribution in [-0.2, 0) is 14.8 Å². The van der Waals surface area contributed by atoms with Crippen LogP contribution in [0.25, 0.3) is 0 Å². The van der Waals surface area contributed by atoms with Gasteiger partial charge in [-0.15, -0.1) is 0 Å². The molecule has 11 heteroatoms. The Morgan fingerprint density at radius 1 is 1.16 bits per heavy atom. The van der Waals surface area contributed by atoms with Crippen LogP contribution in [0.1, 0.15) is 28.4 Å². The number of carbonyl (C=O) groups is 2. The van der Waals surface area contributed by atoms with Crippen molar-refractivity contribution in [2.45, 2.75) is 12.5 Å². The molecule has 1 N–H and O–H groups in total. The number of halogens is 2. The molecule has 0 bridgehead atoms. The number of nitrogens with zero attached hydrogens (tertiary/aromatic N) is 3. The quantitative estimate of drug-likeness (QED) is 0.520. The molecule has 2 aromatic carbocycles. The lowest BCUT2D eigenvalue weighted by atomic mass is 10.0. The summed E-state index contributed by atoms with van der Waals surface area (Å²) < 4.78 is 38.6. The Labute approximate surface area is 221 Å². The molecule has 0 radical (unpaired) electrons. The highest BCUT2D eigenvalue weighted by Crippen LogP contribution is 2.32. The number of nitrogens with one attached hydrogen (secondary N) is 1. The zero-order chi connectivity index (χ0) is 26.7. The number of fused-ring (bicyclic) bond motifs is 1. The average Bonchev–Trinajstić information content (AvgIpc) is 3.40. The van der Waals surface area contributed by atoms with E-state index in [1.807, 2.05) is 30.3 Å². The van der Waals surface area contributed by atoms with Crippen molar-refractivity contribution in [3.05, 3.63) is 82.3 Å². The van der Waals surface area contributed by atoms with E-state index in [4.69, 9.17) is 11.6 Å². The van der Waals surface area contributed by atoms with Crippen LogP contribution in [0, 0.1) is 11.7 Å². The highest BCUT2D eigenvalue weighted by Gasteiger charge is 2.36. The van der Waals surface area contributed by atoms with Crippen molar-refractivity contribution < 1.29 is 22.4 Å². The Hall–Kier alpha value is -2.79. The van der Waals surface area contributed by atoms with E-state index < -0.39 is 21.7 Å². The van der Waals surface area contributed by atoms with Crippen LogP contribution in [0.3, 0.4) is 0 Å². The summed E-state index contributed by atoms with van der Waals surface area (Å²) in [4.78, 5) is 29.3. The average molecular weight is 549 g/mol. The molecule has 1 saturated heterocycles. The van der Waals surface area contributed by atoms with E-state index >= 15 is 0 Å². The molecule has 4 rings (SSSR count). The molecule has 198 valence electrons. The van der Waals surface area contributed by atoms with Gasteiger partial charge >= 0.3 is 0 Å². The first kappa shape index (κ1) is 27.3. The molecule has 2 aliphatic heterocycles. The van der Waals surface area contributed by atoms with Gasteiger partial charge in [0.25, 0.3) is 5.91 Å². The Balaban J connectivity index is 1.37. The molecule has 1 fully saturated rings. The second kappa shape index (κ2) is 11.3. The number of sulfonamides is 1. The summed E-state index contributed by atoms with van der Waals surface area (Å²) in [6.07, 6.45) is 3.49. The lowest BCUT2D eigenvalue weighted by Gasteiger charge is -2.24. The minimum atomic E-state index is -3.46. The highest BCUT2D eigenvalue weighted by molar-refractivity contribution is 7.88. The van der Waals surface area contributed by atoms with Crippen LogP contribution in [0.15, 0.2) is 60.3 Å². The van der Waals surface area contributed by atoms with Crippen molar-refractivity contribution >= 4 is 33.4 Å². The van der Waals surface area contributed by atoms with Gasteiger partial charge in [-0.25, -0.2) is 12.8 Å². The van der Waals surface area contributed by atoms with Crippen molar-refractivity contribution in [2.75, 3.05) is 46.0 Å². The molecule has 8 nitrogen and oxygen atoms in total. The van der Waals surface area contributed by atoms with Crippen LogP contribution in [0.4, 0.5) is 4.39 Å². The number of hydrogen-bond acceptors (Lipinski definition) is 5. The van der Waals surface area contributed by atoms with Gasteiger partial charge in [0.05, 0.1) is 29.4 Å². The highest BCUT2D eigenvalue weighted by atomic mass is 35.5. The van der Waals surface area contributed by atoms with Gasteiger partial charge in [0, 0.05) is 45.3 Å². The van der Waals surface area contributed by atoms with Gasteiger partial charge < -0.3 is 10.2 Å². The minimum absolute atomic E-state index is 0.0961. The monoisotopic (exact) mass is 548 g/mol. The molecular weight excluding hydrogens is 519 g/mol. The fourth-order valence-corrected chi connectivity index (χ4v) is 5.32. The van der Waals surface area contributed by atoms with Gasteiger partial charge in [-0.05, 0) is 29.7 Å². The molecule has 2 aliphatic rings.